The fraction of sp³-hybridized carbons (Fsp3) is 0.462. The number of aryl methyl sites for hydroxylation is 1. The molecule has 0 fully saturated rings. The van der Waals surface area contributed by atoms with E-state index in [0.717, 1.165) is 15.6 Å². The van der Waals surface area contributed by atoms with Crippen LogP contribution in [0.5, 0.6) is 5.75 Å². The minimum atomic E-state index is -0.569. The number of nitrogens with zero attached hydrogens (tertiary/aromatic N) is 1. The molecular weight excluding hydrogens is 468 g/mol. The number of halogens is 1. The van der Waals surface area contributed by atoms with Gasteiger partial charge in [0.05, 0.1) is 4.47 Å². The monoisotopic (exact) mass is 502 g/mol. The summed E-state index contributed by atoms with van der Waals surface area (Å²) < 4.78 is 6.67. The van der Waals surface area contributed by atoms with Crippen LogP contribution < -0.4 is 10.1 Å². The van der Waals surface area contributed by atoms with Crippen LogP contribution >= 0.6 is 15.9 Å². The Hall–Kier alpha value is -2.34. The summed E-state index contributed by atoms with van der Waals surface area (Å²) in [6, 6.07) is 13.3. The molecule has 2 rings (SSSR count). The van der Waals surface area contributed by atoms with Crippen molar-refractivity contribution < 1.29 is 14.3 Å². The van der Waals surface area contributed by atoms with Gasteiger partial charge in [-0.2, -0.15) is 0 Å². The molecule has 0 bridgehead atoms. The molecule has 2 aromatic rings. The lowest BCUT2D eigenvalue weighted by atomic mass is 10.0. The maximum absolute atomic E-state index is 13.3. The molecule has 2 aromatic carbocycles. The molecule has 0 aliphatic heterocycles. The van der Waals surface area contributed by atoms with E-state index in [4.69, 9.17) is 4.74 Å². The summed E-state index contributed by atoms with van der Waals surface area (Å²) >= 11 is 3.54. The van der Waals surface area contributed by atoms with E-state index >= 15 is 0 Å². The molecule has 1 N–H and O–H groups in total. The summed E-state index contributed by atoms with van der Waals surface area (Å²) in [5.74, 6) is 0.637. The van der Waals surface area contributed by atoms with Crippen LogP contribution in [0.2, 0.25) is 0 Å². The van der Waals surface area contributed by atoms with Crippen LogP contribution in [0.15, 0.2) is 46.9 Å². The number of carbonyl (C=O) groups excluding carboxylic acids is 2. The lowest BCUT2D eigenvalue weighted by Gasteiger charge is -2.31. The van der Waals surface area contributed by atoms with Crippen LogP contribution in [-0.2, 0) is 16.1 Å². The quantitative estimate of drug-likeness (QED) is 0.460. The number of ether oxygens (including phenoxy) is 1. The van der Waals surface area contributed by atoms with Crippen LogP contribution in [0.1, 0.15) is 63.6 Å². The summed E-state index contributed by atoms with van der Waals surface area (Å²) in [6.45, 7) is 12.2. The molecule has 32 heavy (non-hydrogen) atoms. The molecule has 1 atom stereocenters. The molecule has 0 unspecified atom stereocenters. The zero-order valence-corrected chi connectivity index (χ0v) is 21.5. The summed E-state index contributed by atoms with van der Waals surface area (Å²) in [7, 11) is 0. The summed E-state index contributed by atoms with van der Waals surface area (Å²) in [4.78, 5) is 27.8. The van der Waals surface area contributed by atoms with Crippen molar-refractivity contribution in [3.05, 3.63) is 63.6 Å². The van der Waals surface area contributed by atoms with E-state index in [2.05, 4.69) is 35.1 Å². The van der Waals surface area contributed by atoms with E-state index in [-0.39, 0.29) is 24.5 Å². The van der Waals surface area contributed by atoms with Crippen LogP contribution in [-0.4, -0.2) is 35.4 Å². The van der Waals surface area contributed by atoms with Crippen LogP contribution in [0.4, 0.5) is 0 Å². The van der Waals surface area contributed by atoms with Crippen molar-refractivity contribution in [3.63, 3.8) is 0 Å². The number of hydrogen-bond donors (Lipinski definition) is 1. The average Bonchev–Trinajstić information content (AvgIpc) is 2.71. The molecule has 0 heterocycles. The van der Waals surface area contributed by atoms with Gasteiger partial charge in [-0.05, 0) is 72.3 Å². The van der Waals surface area contributed by atoms with Crippen molar-refractivity contribution in [2.45, 2.75) is 72.5 Å². The van der Waals surface area contributed by atoms with Crippen LogP contribution in [0.25, 0.3) is 0 Å². The maximum atomic E-state index is 13.3. The molecule has 0 aliphatic rings. The molecule has 174 valence electrons. The molecule has 6 heteroatoms. The summed E-state index contributed by atoms with van der Waals surface area (Å²) in [5.41, 5.74) is 3.28. The molecule has 0 aromatic heterocycles. The Morgan fingerprint density at radius 2 is 1.81 bits per heavy atom. The first kappa shape index (κ1) is 25.9. The van der Waals surface area contributed by atoms with Crippen molar-refractivity contribution >= 4 is 27.7 Å². The molecule has 5 nitrogen and oxygen atoms in total. The summed E-state index contributed by atoms with van der Waals surface area (Å²) in [5, 5.41) is 2.94. The van der Waals surface area contributed by atoms with Crippen molar-refractivity contribution in [2.75, 3.05) is 6.61 Å². The van der Waals surface area contributed by atoms with Crippen molar-refractivity contribution in [1.29, 1.82) is 0 Å². The first-order chi connectivity index (χ1) is 15.1. The second-order valence-corrected chi connectivity index (χ2v) is 9.59. The van der Waals surface area contributed by atoms with E-state index in [1.54, 1.807) is 4.90 Å². The zero-order valence-electron chi connectivity index (χ0n) is 19.9. The van der Waals surface area contributed by atoms with Crippen molar-refractivity contribution in [1.82, 2.24) is 10.2 Å². The third kappa shape index (κ3) is 7.37. The Morgan fingerprint density at radius 1 is 1.09 bits per heavy atom. The molecule has 0 radical (unpaired) electrons. The standard InChI is InChI=1S/C26H35BrN2O3/c1-7-23(26(31)28-18(4)5)29(15-20-10-8-9-19(6)13-20)25(30)16-32-24-12-11-21(17(2)3)14-22(24)27/h8-14,17-18,23H,7,15-16H2,1-6H3,(H,28,31)/t23-/m1/s1. The summed E-state index contributed by atoms with van der Waals surface area (Å²) in [6.07, 6.45) is 0.517. The molecule has 0 saturated carbocycles. The number of carbonyl (C=O) groups is 2. The normalized spacial score (nSPS) is 12.0. The Morgan fingerprint density at radius 3 is 2.38 bits per heavy atom. The maximum Gasteiger partial charge on any atom is 0.261 e. The zero-order chi connectivity index (χ0) is 23.8. The fourth-order valence-corrected chi connectivity index (χ4v) is 4.03. The smallest absolute Gasteiger partial charge is 0.261 e. The Kier molecular flexibility index (Phi) is 9.76. The molecular formula is C26H35BrN2O3. The Bertz CT molecular complexity index is 927. The van der Waals surface area contributed by atoms with Gasteiger partial charge in [0.1, 0.15) is 11.8 Å². The van der Waals surface area contributed by atoms with E-state index in [1.807, 2.05) is 70.2 Å². The highest BCUT2D eigenvalue weighted by Gasteiger charge is 2.29. The highest BCUT2D eigenvalue weighted by Crippen LogP contribution is 2.29. The molecule has 2 amide bonds. The van der Waals surface area contributed by atoms with E-state index < -0.39 is 6.04 Å². The molecule has 0 spiro atoms. The Labute approximate surface area is 200 Å². The van der Waals surface area contributed by atoms with Gasteiger partial charge in [-0.3, -0.25) is 9.59 Å². The van der Waals surface area contributed by atoms with Crippen LogP contribution in [0.3, 0.4) is 0 Å². The second-order valence-electron chi connectivity index (χ2n) is 8.73. The van der Waals surface area contributed by atoms with Gasteiger partial charge in [0.15, 0.2) is 6.61 Å². The number of hydrogen-bond acceptors (Lipinski definition) is 3. The number of benzene rings is 2. The van der Waals surface area contributed by atoms with Gasteiger partial charge in [0.2, 0.25) is 5.91 Å². The Balaban J connectivity index is 2.23. The topological polar surface area (TPSA) is 58.6 Å². The largest absolute Gasteiger partial charge is 0.483 e. The van der Waals surface area contributed by atoms with E-state index in [9.17, 15) is 9.59 Å². The van der Waals surface area contributed by atoms with E-state index in [1.165, 1.54) is 5.56 Å². The predicted molar refractivity (Wildman–Crippen MR) is 133 cm³/mol. The highest BCUT2D eigenvalue weighted by atomic mass is 79.9. The van der Waals surface area contributed by atoms with Gasteiger partial charge in [-0.1, -0.05) is 56.7 Å². The van der Waals surface area contributed by atoms with Gasteiger partial charge < -0.3 is 15.0 Å². The second kappa shape index (κ2) is 12.0. The average molecular weight is 503 g/mol. The van der Waals surface area contributed by atoms with Gasteiger partial charge in [-0.15, -0.1) is 0 Å². The van der Waals surface area contributed by atoms with E-state index in [0.29, 0.717) is 24.6 Å². The first-order valence-electron chi connectivity index (χ1n) is 11.2. The van der Waals surface area contributed by atoms with Gasteiger partial charge in [0, 0.05) is 12.6 Å². The third-order valence-electron chi connectivity index (χ3n) is 5.23. The predicted octanol–water partition coefficient (Wildman–Crippen LogP) is 5.59. The van der Waals surface area contributed by atoms with Crippen LogP contribution in [0, 0.1) is 6.92 Å². The third-order valence-corrected chi connectivity index (χ3v) is 5.85. The first-order valence-corrected chi connectivity index (χ1v) is 12.0. The van der Waals surface area contributed by atoms with Gasteiger partial charge in [0.25, 0.3) is 5.91 Å². The highest BCUT2D eigenvalue weighted by molar-refractivity contribution is 9.10. The number of nitrogens with one attached hydrogen (secondary N) is 1. The lowest BCUT2D eigenvalue weighted by molar-refractivity contribution is -0.143. The van der Waals surface area contributed by atoms with Gasteiger partial charge >= 0.3 is 0 Å². The minimum absolute atomic E-state index is 0.000788. The number of rotatable bonds is 10. The number of amides is 2. The lowest BCUT2D eigenvalue weighted by Crippen LogP contribution is -2.51. The fourth-order valence-electron chi connectivity index (χ4n) is 3.52. The molecule has 0 saturated heterocycles. The minimum Gasteiger partial charge on any atom is -0.483 e. The molecule has 0 aliphatic carbocycles. The SMILES string of the molecule is CC[C@H](C(=O)NC(C)C)N(Cc1cccc(C)c1)C(=O)COc1ccc(C(C)C)cc1Br. The van der Waals surface area contributed by atoms with Crippen molar-refractivity contribution in [2.24, 2.45) is 0 Å². The van der Waals surface area contributed by atoms with Crippen molar-refractivity contribution in [3.8, 4) is 5.75 Å². The van der Waals surface area contributed by atoms with Gasteiger partial charge in [-0.25, -0.2) is 0 Å².